The Morgan fingerprint density at radius 1 is 1.18 bits per heavy atom. The Morgan fingerprint density at radius 3 is 1.91 bits per heavy atom. The van der Waals surface area contributed by atoms with E-state index in [1.165, 1.54) is 21.3 Å². The van der Waals surface area contributed by atoms with E-state index >= 15 is 0 Å². The fraction of sp³-hybridized carbons (Fsp3) is 1.00. The third-order valence-electron chi connectivity index (χ3n) is 0.967. The van der Waals surface area contributed by atoms with Crippen LogP contribution in [0.5, 0.6) is 0 Å². The summed E-state index contributed by atoms with van der Waals surface area (Å²) in [6, 6.07) is 0. The topological polar surface area (TPSA) is 77.4 Å². The summed E-state index contributed by atoms with van der Waals surface area (Å²) in [7, 11) is -2.64. The molecule has 0 saturated carbocycles. The molecule has 0 aromatic heterocycles. The molecule has 0 rings (SSSR count). The Balaban J connectivity index is 3.86. The Kier molecular flexibility index (Phi) is 5.04. The van der Waals surface area contributed by atoms with Crippen LogP contribution in [0.15, 0.2) is 0 Å². The van der Waals surface area contributed by atoms with Crippen molar-refractivity contribution in [2.75, 3.05) is 21.3 Å². The molecule has 2 N–H and O–H groups in total. The van der Waals surface area contributed by atoms with Crippen molar-refractivity contribution in [3.8, 4) is 0 Å². The minimum absolute atomic E-state index is 1.23. The average Bonchev–Trinajstić information content (AvgIpc) is 2.04. The van der Waals surface area contributed by atoms with Gasteiger partial charge in [-0.2, -0.15) is 0 Å². The van der Waals surface area contributed by atoms with Crippen LogP contribution in [-0.4, -0.2) is 49.5 Å². The predicted molar refractivity (Wildman–Crippen MR) is 39.5 cm³/mol. The summed E-state index contributed by atoms with van der Waals surface area (Å²) in [6.07, 6.45) is 0. The van der Waals surface area contributed by atoms with Gasteiger partial charge in [0.1, 0.15) is 0 Å². The van der Waals surface area contributed by atoms with E-state index in [1.807, 2.05) is 0 Å². The highest BCUT2D eigenvalue weighted by Gasteiger charge is 2.41. The second-order valence-corrected chi connectivity index (χ2v) is 5.49. The van der Waals surface area contributed by atoms with Gasteiger partial charge in [0, 0.05) is 21.3 Å². The monoisotopic (exact) mass is 200 g/mol. The maximum Gasteiger partial charge on any atom is 0.668 e. The van der Waals surface area contributed by atoms with Crippen molar-refractivity contribution in [2.24, 2.45) is 0 Å². The maximum absolute atomic E-state index is 9.20. The third-order valence-corrected chi connectivity index (χ3v) is 4.40. The first-order chi connectivity index (χ1) is 5.08. The SMILES string of the molecule is CO[SiH](O)O[Si](O)(OC)OC. The van der Waals surface area contributed by atoms with Crippen molar-refractivity contribution >= 4 is 18.6 Å². The molecule has 0 aromatic carbocycles. The zero-order valence-corrected chi connectivity index (χ0v) is 8.76. The fourth-order valence-corrected chi connectivity index (χ4v) is 2.70. The standard InChI is InChI=1S/C3H12O6Si2/c1-6-10(4)9-11(5,7-2)8-3/h4-5,10H,1-3H3. The molecule has 8 heteroatoms. The van der Waals surface area contributed by atoms with E-state index < -0.39 is 18.6 Å². The first-order valence-corrected chi connectivity index (χ1v) is 5.92. The van der Waals surface area contributed by atoms with Crippen LogP contribution in [0, 0.1) is 0 Å². The van der Waals surface area contributed by atoms with E-state index in [-0.39, 0.29) is 0 Å². The van der Waals surface area contributed by atoms with Gasteiger partial charge in [-0.15, -0.1) is 0 Å². The van der Waals surface area contributed by atoms with Crippen molar-refractivity contribution < 1.29 is 27.0 Å². The zero-order valence-electron chi connectivity index (χ0n) is 6.60. The van der Waals surface area contributed by atoms with Crippen molar-refractivity contribution in [3.05, 3.63) is 0 Å². The third kappa shape index (κ3) is 3.93. The zero-order chi connectivity index (χ0) is 8.91. The molecule has 0 aromatic rings. The van der Waals surface area contributed by atoms with Crippen molar-refractivity contribution in [3.63, 3.8) is 0 Å². The average molecular weight is 200 g/mol. The van der Waals surface area contributed by atoms with Gasteiger partial charge in [-0.1, -0.05) is 0 Å². The van der Waals surface area contributed by atoms with E-state index in [2.05, 4.69) is 17.4 Å². The van der Waals surface area contributed by atoms with Crippen LogP contribution < -0.4 is 0 Å². The lowest BCUT2D eigenvalue weighted by atomic mass is 11.8. The first-order valence-electron chi connectivity index (χ1n) is 2.79. The van der Waals surface area contributed by atoms with Gasteiger partial charge in [0.05, 0.1) is 0 Å². The minimum Gasteiger partial charge on any atom is -0.393 e. The number of rotatable bonds is 5. The van der Waals surface area contributed by atoms with Gasteiger partial charge in [0.2, 0.25) is 0 Å². The normalized spacial score (nSPS) is 15.0. The largest absolute Gasteiger partial charge is 0.668 e. The molecule has 0 aliphatic heterocycles. The van der Waals surface area contributed by atoms with Crippen molar-refractivity contribution in [1.82, 2.24) is 0 Å². The molecule has 0 saturated heterocycles. The van der Waals surface area contributed by atoms with E-state index in [4.69, 9.17) is 4.80 Å². The Bertz CT molecular complexity index is 106. The van der Waals surface area contributed by atoms with Crippen LogP contribution >= 0.6 is 0 Å². The summed E-state index contributed by atoms with van der Waals surface area (Å²) >= 11 is 0. The predicted octanol–water partition coefficient (Wildman–Crippen LogP) is -1.92. The van der Waals surface area contributed by atoms with Crippen LogP contribution in [0.1, 0.15) is 0 Å². The summed E-state index contributed by atoms with van der Waals surface area (Å²) in [5, 5.41) is 0. The smallest absolute Gasteiger partial charge is 0.393 e. The number of hydrogen-bond acceptors (Lipinski definition) is 6. The molecular weight excluding hydrogens is 188 g/mol. The van der Waals surface area contributed by atoms with Gasteiger partial charge in [-0.3, -0.25) is 0 Å². The molecule has 0 aliphatic carbocycles. The molecule has 1 atom stereocenters. The highest BCUT2D eigenvalue weighted by Crippen LogP contribution is 2.02. The quantitative estimate of drug-likeness (QED) is 0.504. The highest BCUT2D eigenvalue weighted by molar-refractivity contribution is 6.60. The molecule has 1 unspecified atom stereocenters. The van der Waals surface area contributed by atoms with Crippen LogP contribution in [0.3, 0.4) is 0 Å². The van der Waals surface area contributed by atoms with Gasteiger partial charge in [-0.05, 0) is 0 Å². The lowest BCUT2D eigenvalue weighted by Gasteiger charge is -2.20. The van der Waals surface area contributed by atoms with Crippen molar-refractivity contribution in [1.29, 1.82) is 0 Å². The molecule has 0 spiro atoms. The summed E-state index contributed by atoms with van der Waals surface area (Å²) in [5.41, 5.74) is 0. The highest BCUT2D eigenvalue weighted by atomic mass is 28.5. The second-order valence-electron chi connectivity index (χ2n) is 1.59. The summed E-state index contributed by atoms with van der Waals surface area (Å²) in [5.74, 6) is 0. The number of hydrogen-bond donors (Lipinski definition) is 2. The fourth-order valence-electron chi connectivity index (χ4n) is 0.355. The van der Waals surface area contributed by atoms with Gasteiger partial charge in [-0.25, -0.2) is 0 Å². The van der Waals surface area contributed by atoms with Gasteiger partial charge < -0.3 is 27.0 Å². The lowest BCUT2D eigenvalue weighted by molar-refractivity contribution is 0.0484. The Labute approximate surface area is 67.7 Å². The molecule has 0 bridgehead atoms. The Hall–Kier alpha value is 0.194. The minimum atomic E-state index is -3.59. The summed E-state index contributed by atoms with van der Waals surface area (Å²) in [4.78, 5) is 18.1. The van der Waals surface area contributed by atoms with Gasteiger partial charge >= 0.3 is 18.6 Å². The molecular formula is C3H12O6Si2. The molecule has 0 radical (unpaired) electrons. The van der Waals surface area contributed by atoms with Crippen LogP contribution in [0.4, 0.5) is 0 Å². The molecule has 11 heavy (non-hydrogen) atoms. The molecule has 0 heterocycles. The molecule has 6 nitrogen and oxygen atoms in total. The Morgan fingerprint density at radius 2 is 1.64 bits per heavy atom. The molecule has 0 amide bonds. The first kappa shape index (κ1) is 11.2. The lowest BCUT2D eigenvalue weighted by Crippen LogP contribution is -2.49. The van der Waals surface area contributed by atoms with E-state index in [1.54, 1.807) is 0 Å². The molecule has 0 fully saturated rings. The summed E-state index contributed by atoms with van der Waals surface area (Å²) < 4.78 is 18.1. The summed E-state index contributed by atoms with van der Waals surface area (Å²) in [6.45, 7) is 0. The van der Waals surface area contributed by atoms with E-state index in [9.17, 15) is 4.80 Å². The van der Waals surface area contributed by atoms with E-state index in [0.717, 1.165) is 0 Å². The molecule has 68 valence electrons. The van der Waals surface area contributed by atoms with E-state index in [0.29, 0.717) is 0 Å². The van der Waals surface area contributed by atoms with Crippen LogP contribution in [0.25, 0.3) is 0 Å². The van der Waals surface area contributed by atoms with Gasteiger partial charge in [0.25, 0.3) is 0 Å². The van der Waals surface area contributed by atoms with Crippen LogP contribution in [-0.2, 0) is 17.4 Å². The van der Waals surface area contributed by atoms with Crippen LogP contribution in [0.2, 0.25) is 0 Å². The maximum atomic E-state index is 9.20. The molecule has 0 aliphatic rings. The van der Waals surface area contributed by atoms with Crippen molar-refractivity contribution in [2.45, 2.75) is 0 Å². The van der Waals surface area contributed by atoms with Gasteiger partial charge in [0.15, 0.2) is 0 Å². The second kappa shape index (κ2) is 4.95.